The number of carbonyl (C=O) groups is 2. The van der Waals surface area contributed by atoms with E-state index in [9.17, 15) is 9.59 Å². The van der Waals surface area contributed by atoms with Crippen LogP contribution in [0, 0.1) is 5.92 Å². The molecule has 0 fully saturated rings. The van der Waals surface area contributed by atoms with E-state index in [1.54, 1.807) is 16.7 Å². The lowest BCUT2D eigenvalue weighted by Crippen LogP contribution is -2.38. The molecule has 4 heteroatoms. The predicted octanol–water partition coefficient (Wildman–Crippen LogP) is 1.96. The summed E-state index contributed by atoms with van der Waals surface area (Å²) in [4.78, 5) is 25.3. The number of benzene rings is 1. The lowest BCUT2D eigenvalue weighted by molar-refractivity contribution is -0.116. The first-order valence-electron chi connectivity index (χ1n) is 5.20. The third-order valence-electron chi connectivity index (χ3n) is 2.51. The van der Waals surface area contributed by atoms with E-state index >= 15 is 0 Å². The molecule has 1 aromatic rings. The van der Waals surface area contributed by atoms with E-state index in [1.165, 1.54) is 0 Å². The Labute approximate surface area is 98.8 Å². The second kappa shape index (κ2) is 4.70. The largest absolute Gasteiger partial charge is 0.310 e. The van der Waals surface area contributed by atoms with Gasteiger partial charge in [-0.2, -0.15) is 0 Å². The zero-order chi connectivity index (χ0) is 11.5. The van der Waals surface area contributed by atoms with Crippen molar-refractivity contribution in [3.63, 3.8) is 0 Å². The molecule has 16 heavy (non-hydrogen) atoms. The zero-order valence-corrected chi connectivity index (χ0v) is 9.87. The fraction of sp³-hybridized carbons (Fsp3) is 0.333. The highest BCUT2D eigenvalue weighted by molar-refractivity contribution is 8.00. The molecule has 0 radical (unpaired) electrons. The molecular weight excluding hydrogens is 222 g/mol. The van der Waals surface area contributed by atoms with Gasteiger partial charge >= 0.3 is 0 Å². The minimum Gasteiger partial charge on any atom is -0.310 e. The van der Waals surface area contributed by atoms with Gasteiger partial charge < -0.3 is 9.69 Å². The summed E-state index contributed by atoms with van der Waals surface area (Å²) in [5.74, 6) is 0.417. The van der Waals surface area contributed by atoms with Crippen molar-refractivity contribution in [2.45, 2.75) is 11.8 Å². The van der Waals surface area contributed by atoms with Crippen molar-refractivity contribution in [3.8, 4) is 0 Å². The van der Waals surface area contributed by atoms with Gasteiger partial charge in [-0.05, 0) is 12.1 Å². The van der Waals surface area contributed by atoms with Crippen molar-refractivity contribution in [1.82, 2.24) is 0 Å². The van der Waals surface area contributed by atoms with Crippen LogP contribution in [0.5, 0.6) is 0 Å². The molecule has 1 amide bonds. The molecule has 1 unspecified atom stereocenters. The number of carbonyl (C=O) groups excluding carboxylic acids is 2. The maximum Gasteiger partial charge on any atom is 0.237 e. The molecule has 1 heterocycles. The van der Waals surface area contributed by atoms with Crippen molar-refractivity contribution in [2.24, 2.45) is 5.92 Å². The number of hydrogen-bond donors (Lipinski definition) is 0. The lowest BCUT2D eigenvalue weighted by atomic mass is 10.1. The van der Waals surface area contributed by atoms with Gasteiger partial charge in [0.15, 0.2) is 0 Å². The number of hydrogen-bond acceptors (Lipinski definition) is 3. The normalized spacial score (nSPS) is 16.8. The van der Waals surface area contributed by atoms with Crippen LogP contribution >= 0.6 is 11.8 Å². The van der Waals surface area contributed by atoms with Crippen molar-refractivity contribution in [1.29, 1.82) is 0 Å². The van der Waals surface area contributed by atoms with Gasteiger partial charge in [0.05, 0.1) is 11.4 Å². The molecule has 0 aliphatic carbocycles. The van der Waals surface area contributed by atoms with Gasteiger partial charge in [0.1, 0.15) is 6.29 Å². The van der Waals surface area contributed by atoms with E-state index in [0.29, 0.717) is 12.3 Å². The first-order valence-corrected chi connectivity index (χ1v) is 6.18. The number of aldehydes is 1. The van der Waals surface area contributed by atoms with Crippen molar-refractivity contribution in [3.05, 3.63) is 24.3 Å². The average Bonchev–Trinajstić information content (AvgIpc) is 2.32. The molecule has 1 aliphatic rings. The maximum absolute atomic E-state index is 11.8. The number of rotatable bonds is 3. The van der Waals surface area contributed by atoms with Crippen molar-refractivity contribution >= 4 is 29.6 Å². The molecule has 0 bridgehead atoms. The van der Waals surface area contributed by atoms with E-state index in [-0.39, 0.29) is 11.8 Å². The minimum absolute atomic E-state index is 0.0809. The van der Waals surface area contributed by atoms with Gasteiger partial charge in [0.25, 0.3) is 0 Å². The summed E-state index contributed by atoms with van der Waals surface area (Å²) in [5.41, 5.74) is 0.928. The summed E-state index contributed by atoms with van der Waals surface area (Å²) in [6.07, 6.45) is 0.887. The van der Waals surface area contributed by atoms with E-state index in [1.807, 2.05) is 31.2 Å². The van der Waals surface area contributed by atoms with E-state index in [4.69, 9.17) is 0 Å². The Morgan fingerprint density at radius 2 is 2.25 bits per heavy atom. The minimum atomic E-state index is -0.125. The van der Waals surface area contributed by atoms with Crippen LogP contribution in [0.3, 0.4) is 0 Å². The molecule has 3 nitrogen and oxygen atoms in total. The first-order chi connectivity index (χ1) is 7.72. The highest BCUT2D eigenvalue weighted by Crippen LogP contribution is 2.35. The standard InChI is InChI=1S/C12H13NO2S/c1-9(7-14)6-13-10-4-2-3-5-11(10)16-8-12(13)15/h2-5,7,9H,6,8H2,1H3. The molecule has 1 aromatic carbocycles. The van der Waals surface area contributed by atoms with Crippen molar-refractivity contribution in [2.75, 3.05) is 17.2 Å². The Balaban J connectivity index is 2.29. The molecule has 1 atom stereocenters. The highest BCUT2D eigenvalue weighted by atomic mass is 32.2. The van der Waals surface area contributed by atoms with Crippen LogP contribution < -0.4 is 4.90 Å². The summed E-state index contributed by atoms with van der Waals surface area (Å²) in [6, 6.07) is 7.81. The van der Waals surface area contributed by atoms with E-state index in [0.717, 1.165) is 16.9 Å². The smallest absolute Gasteiger partial charge is 0.237 e. The Morgan fingerprint density at radius 1 is 1.50 bits per heavy atom. The predicted molar refractivity (Wildman–Crippen MR) is 64.7 cm³/mol. The second-order valence-electron chi connectivity index (χ2n) is 3.87. The molecule has 0 saturated carbocycles. The summed E-state index contributed by atoms with van der Waals surface area (Å²) in [7, 11) is 0. The monoisotopic (exact) mass is 235 g/mol. The Hall–Kier alpha value is -1.29. The molecule has 0 spiro atoms. The second-order valence-corrected chi connectivity index (χ2v) is 4.89. The fourth-order valence-electron chi connectivity index (χ4n) is 1.69. The van der Waals surface area contributed by atoms with Crippen LogP contribution in [-0.2, 0) is 9.59 Å². The molecule has 84 valence electrons. The number of nitrogens with zero attached hydrogens (tertiary/aromatic N) is 1. The number of amides is 1. The van der Waals surface area contributed by atoms with Gasteiger partial charge in [-0.1, -0.05) is 19.1 Å². The Morgan fingerprint density at radius 3 is 3.00 bits per heavy atom. The van der Waals surface area contributed by atoms with Gasteiger partial charge in [0, 0.05) is 17.4 Å². The van der Waals surface area contributed by atoms with Crippen LogP contribution in [0.4, 0.5) is 5.69 Å². The summed E-state index contributed by atoms with van der Waals surface area (Å²) in [5, 5.41) is 0. The number of fused-ring (bicyclic) bond motifs is 1. The van der Waals surface area contributed by atoms with Gasteiger partial charge in [-0.25, -0.2) is 0 Å². The maximum atomic E-state index is 11.8. The number of anilines is 1. The third kappa shape index (κ3) is 2.11. The first kappa shape index (κ1) is 11.2. The third-order valence-corrected chi connectivity index (χ3v) is 3.56. The molecular formula is C12H13NO2S. The topological polar surface area (TPSA) is 37.4 Å². The molecule has 1 aliphatic heterocycles. The van der Waals surface area contributed by atoms with Crippen LogP contribution in [0.25, 0.3) is 0 Å². The van der Waals surface area contributed by atoms with E-state index in [2.05, 4.69) is 0 Å². The average molecular weight is 235 g/mol. The molecule has 2 rings (SSSR count). The summed E-state index contributed by atoms with van der Waals surface area (Å²) >= 11 is 1.56. The van der Waals surface area contributed by atoms with Gasteiger partial charge in [-0.3, -0.25) is 4.79 Å². The van der Waals surface area contributed by atoms with Crippen LogP contribution in [0.1, 0.15) is 6.92 Å². The molecule has 0 saturated heterocycles. The zero-order valence-electron chi connectivity index (χ0n) is 9.05. The Kier molecular flexibility index (Phi) is 3.29. The summed E-state index contributed by atoms with van der Waals surface area (Å²) < 4.78 is 0. The van der Waals surface area contributed by atoms with Gasteiger partial charge in [0.2, 0.25) is 5.91 Å². The number of para-hydroxylation sites is 1. The SMILES string of the molecule is CC(C=O)CN1C(=O)CSc2ccccc21. The van der Waals surface area contributed by atoms with Gasteiger partial charge in [-0.15, -0.1) is 11.8 Å². The van der Waals surface area contributed by atoms with Crippen molar-refractivity contribution < 1.29 is 9.59 Å². The molecule has 0 N–H and O–H groups in total. The molecule has 0 aromatic heterocycles. The van der Waals surface area contributed by atoms with E-state index < -0.39 is 0 Å². The lowest BCUT2D eigenvalue weighted by Gasteiger charge is -2.29. The highest BCUT2D eigenvalue weighted by Gasteiger charge is 2.25. The fourth-order valence-corrected chi connectivity index (χ4v) is 2.62. The Bertz CT molecular complexity index is 419. The number of thioether (sulfide) groups is 1. The quantitative estimate of drug-likeness (QED) is 0.752. The van der Waals surface area contributed by atoms with Crippen LogP contribution in [0.15, 0.2) is 29.2 Å². The van der Waals surface area contributed by atoms with Crippen LogP contribution in [0.2, 0.25) is 0 Å². The summed E-state index contributed by atoms with van der Waals surface area (Å²) in [6.45, 7) is 2.30. The van der Waals surface area contributed by atoms with Crippen LogP contribution in [-0.4, -0.2) is 24.5 Å².